The number of nitrogens with zero attached hydrogens (tertiary/aromatic N) is 1. The molecule has 4 nitrogen and oxygen atoms in total. The van der Waals surface area contributed by atoms with Crippen molar-refractivity contribution in [2.75, 3.05) is 13.1 Å². The van der Waals surface area contributed by atoms with E-state index in [1.54, 1.807) is 59.7 Å². The summed E-state index contributed by atoms with van der Waals surface area (Å²) in [7, 11) is 0. The van der Waals surface area contributed by atoms with Gasteiger partial charge in [0.25, 0.3) is 5.91 Å². The summed E-state index contributed by atoms with van der Waals surface area (Å²) in [4.78, 5) is 15.6. The van der Waals surface area contributed by atoms with Crippen LogP contribution in [0.1, 0.15) is 39.2 Å². The van der Waals surface area contributed by atoms with Gasteiger partial charge in [0.05, 0.1) is 16.3 Å². The maximum absolute atomic E-state index is 12.7. The van der Waals surface area contributed by atoms with Gasteiger partial charge in [-0.25, -0.2) is 0 Å². The average Bonchev–Trinajstić information content (AvgIpc) is 3.30. The van der Waals surface area contributed by atoms with E-state index >= 15 is 0 Å². The minimum Gasteiger partial charge on any atom is -0.347 e. The first-order valence-electron chi connectivity index (χ1n) is 11.2. The van der Waals surface area contributed by atoms with E-state index in [0.717, 1.165) is 52.7 Å². The number of benzene rings is 2. The molecule has 1 aromatic heterocycles. The summed E-state index contributed by atoms with van der Waals surface area (Å²) in [5.41, 5.74) is 0.863. The van der Waals surface area contributed by atoms with E-state index < -0.39 is 11.7 Å². The summed E-state index contributed by atoms with van der Waals surface area (Å²) < 4.78 is 42.8. The number of hydrogen-bond donors (Lipinski definition) is 2. The van der Waals surface area contributed by atoms with Gasteiger partial charge in [-0.05, 0) is 92.0 Å². The molecule has 3 aromatic rings. The third-order valence-corrected chi connectivity index (χ3v) is 8.19. The maximum Gasteiger partial charge on any atom is 0.416 e. The molecular formula is C25H25ClF3N3OS2. The van der Waals surface area contributed by atoms with Crippen molar-refractivity contribution >= 4 is 40.8 Å². The van der Waals surface area contributed by atoms with Crippen LogP contribution >= 0.6 is 34.9 Å². The van der Waals surface area contributed by atoms with Crippen LogP contribution < -0.4 is 10.0 Å². The van der Waals surface area contributed by atoms with Gasteiger partial charge >= 0.3 is 6.18 Å². The molecule has 0 bridgehead atoms. The highest BCUT2D eigenvalue weighted by atomic mass is 35.5. The lowest BCUT2D eigenvalue weighted by Crippen LogP contribution is -2.39. The van der Waals surface area contributed by atoms with E-state index in [0.29, 0.717) is 29.7 Å². The zero-order valence-electron chi connectivity index (χ0n) is 18.8. The zero-order valence-corrected chi connectivity index (χ0v) is 21.2. The van der Waals surface area contributed by atoms with Gasteiger partial charge in [0.1, 0.15) is 0 Å². The Balaban J connectivity index is 1.16. The number of rotatable bonds is 8. The standard InChI is InChI=1S/C25H25ClF3N3OS2/c26-20-7-3-18(4-8-20)24(33)30-15-22-9-10-23(34-22)35-31-21-11-13-32(14-12-21)16-17-1-5-19(6-2-17)25(27,28)29/h1-10,21,31H,11-16H2,(H,30,33). The molecule has 2 heterocycles. The summed E-state index contributed by atoms with van der Waals surface area (Å²) in [5.74, 6) is -0.134. The molecule has 1 aliphatic rings. The fourth-order valence-electron chi connectivity index (χ4n) is 3.79. The van der Waals surface area contributed by atoms with Gasteiger partial charge in [0.15, 0.2) is 0 Å². The third-order valence-electron chi connectivity index (χ3n) is 5.77. The van der Waals surface area contributed by atoms with Crippen molar-refractivity contribution in [3.8, 4) is 0 Å². The second-order valence-corrected chi connectivity index (χ2v) is 11.1. The van der Waals surface area contributed by atoms with Crippen molar-refractivity contribution in [2.24, 2.45) is 0 Å². The molecule has 0 radical (unpaired) electrons. The van der Waals surface area contributed by atoms with Crippen molar-refractivity contribution in [1.29, 1.82) is 0 Å². The van der Waals surface area contributed by atoms with Crippen LogP contribution in [0.15, 0.2) is 64.9 Å². The molecule has 0 aliphatic carbocycles. The van der Waals surface area contributed by atoms with E-state index in [-0.39, 0.29) is 5.91 Å². The monoisotopic (exact) mass is 539 g/mol. The summed E-state index contributed by atoms with van der Waals surface area (Å²) in [5, 5.41) is 3.52. The number of carbonyl (C=O) groups is 1. The summed E-state index contributed by atoms with van der Waals surface area (Å²) in [6.07, 6.45) is -2.35. The van der Waals surface area contributed by atoms with Crippen LogP contribution in [-0.2, 0) is 19.3 Å². The first kappa shape index (κ1) is 26.0. The highest BCUT2D eigenvalue weighted by Gasteiger charge is 2.30. The lowest BCUT2D eigenvalue weighted by atomic mass is 10.0. The van der Waals surface area contributed by atoms with E-state index in [4.69, 9.17) is 11.6 Å². The highest BCUT2D eigenvalue weighted by molar-refractivity contribution is 7.99. The Hall–Kier alpha value is -2.04. The van der Waals surface area contributed by atoms with Crippen LogP contribution in [0.2, 0.25) is 5.02 Å². The fraction of sp³-hybridized carbons (Fsp3) is 0.320. The number of alkyl halides is 3. The third kappa shape index (κ3) is 7.72. The fourth-order valence-corrected chi connectivity index (χ4v) is 5.87. The van der Waals surface area contributed by atoms with Gasteiger partial charge in [-0.3, -0.25) is 14.4 Å². The molecule has 4 rings (SSSR count). The van der Waals surface area contributed by atoms with Crippen molar-refractivity contribution in [1.82, 2.24) is 14.9 Å². The van der Waals surface area contributed by atoms with E-state index in [2.05, 4.69) is 14.9 Å². The van der Waals surface area contributed by atoms with E-state index in [1.165, 1.54) is 0 Å². The lowest BCUT2D eigenvalue weighted by molar-refractivity contribution is -0.137. The SMILES string of the molecule is O=C(NCc1ccc(SNC2CCN(Cc3ccc(C(F)(F)F)cc3)CC2)s1)c1ccc(Cl)cc1. The van der Waals surface area contributed by atoms with Crippen molar-refractivity contribution < 1.29 is 18.0 Å². The Morgan fingerprint density at radius 1 is 1.03 bits per heavy atom. The van der Waals surface area contributed by atoms with Crippen molar-refractivity contribution in [3.63, 3.8) is 0 Å². The largest absolute Gasteiger partial charge is 0.416 e. The predicted octanol–water partition coefficient (Wildman–Crippen LogP) is 6.61. The molecular weight excluding hydrogens is 515 g/mol. The minimum atomic E-state index is -4.30. The van der Waals surface area contributed by atoms with E-state index in [1.807, 2.05) is 12.1 Å². The van der Waals surface area contributed by atoms with Crippen LogP contribution in [0.25, 0.3) is 0 Å². The number of amides is 1. The van der Waals surface area contributed by atoms with Gasteiger partial charge in [0, 0.05) is 28.0 Å². The molecule has 1 aliphatic heterocycles. The number of likely N-dealkylation sites (tertiary alicyclic amines) is 1. The molecule has 0 unspecified atom stereocenters. The Morgan fingerprint density at radius 2 is 1.71 bits per heavy atom. The molecule has 186 valence electrons. The number of halogens is 4. The van der Waals surface area contributed by atoms with Crippen LogP contribution in [-0.4, -0.2) is 29.9 Å². The molecule has 1 amide bonds. The minimum absolute atomic E-state index is 0.134. The number of nitrogens with one attached hydrogen (secondary N) is 2. The number of carbonyl (C=O) groups excluding carboxylic acids is 1. The van der Waals surface area contributed by atoms with Crippen LogP contribution in [0.3, 0.4) is 0 Å². The average molecular weight is 540 g/mol. The summed E-state index contributed by atoms with van der Waals surface area (Å²) in [6, 6.07) is 16.7. The number of hydrogen-bond acceptors (Lipinski definition) is 5. The molecule has 0 saturated carbocycles. The normalized spacial score (nSPS) is 15.3. The topological polar surface area (TPSA) is 44.4 Å². The van der Waals surface area contributed by atoms with Gasteiger partial charge in [-0.1, -0.05) is 23.7 Å². The van der Waals surface area contributed by atoms with Gasteiger partial charge in [-0.15, -0.1) is 11.3 Å². The Morgan fingerprint density at radius 3 is 2.37 bits per heavy atom. The summed E-state index contributed by atoms with van der Waals surface area (Å²) in [6.45, 7) is 2.92. The Kier molecular flexibility index (Phi) is 8.77. The smallest absolute Gasteiger partial charge is 0.347 e. The predicted molar refractivity (Wildman–Crippen MR) is 136 cm³/mol. The second kappa shape index (κ2) is 11.8. The Labute approximate surface area is 216 Å². The van der Waals surface area contributed by atoms with Gasteiger partial charge < -0.3 is 5.32 Å². The van der Waals surface area contributed by atoms with Crippen molar-refractivity contribution in [3.05, 3.63) is 87.3 Å². The van der Waals surface area contributed by atoms with Crippen LogP contribution in [0.5, 0.6) is 0 Å². The Bertz CT molecular complexity index is 1110. The first-order chi connectivity index (χ1) is 16.8. The quantitative estimate of drug-likeness (QED) is 0.316. The molecule has 35 heavy (non-hydrogen) atoms. The number of thiophene rings is 1. The van der Waals surface area contributed by atoms with Gasteiger partial charge in [0.2, 0.25) is 0 Å². The number of piperidine rings is 1. The molecule has 1 fully saturated rings. The molecule has 1 saturated heterocycles. The molecule has 10 heteroatoms. The molecule has 2 aromatic carbocycles. The second-order valence-electron chi connectivity index (χ2n) is 8.38. The molecule has 0 spiro atoms. The highest BCUT2D eigenvalue weighted by Crippen LogP contribution is 2.30. The van der Waals surface area contributed by atoms with E-state index in [9.17, 15) is 18.0 Å². The van der Waals surface area contributed by atoms with Gasteiger partial charge in [-0.2, -0.15) is 13.2 Å². The maximum atomic E-state index is 12.7. The van der Waals surface area contributed by atoms with Crippen molar-refractivity contribution in [2.45, 2.75) is 42.4 Å². The molecule has 0 atom stereocenters. The first-order valence-corrected chi connectivity index (χ1v) is 13.2. The summed E-state index contributed by atoms with van der Waals surface area (Å²) >= 11 is 9.11. The molecule has 2 N–H and O–H groups in total. The van der Waals surface area contributed by atoms with Crippen LogP contribution in [0, 0.1) is 0 Å². The van der Waals surface area contributed by atoms with Crippen LogP contribution in [0.4, 0.5) is 13.2 Å². The zero-order chi connectivity index (χ0) is 24.8. The lowest BCUT2D eigenvalue weighted by Gasteiger charge is -2.32.